The molecule has 0 saturated heterocycles. The number of amides is 1. The molecular formula is C17H24N4O. The fourth-order valence-corrected chi connectivity index (χ4v) is 2.41. The van der Waals surface area contributed by atoms with E-state index in [1.807, 2.05) is 41.2 Å². The summed E-state index contributed by atoms with van der Waals surface area (Å²) in [6.07, 6.45) is 4.42. The van der Waals surface area contributed by atoms with Crippen molar-refractivity contribution in [1.29, 1.82) is 0 Å². The van der Waals surface area contributed by atoms with E-state index in [0.717, 1.165) is 11.3 Å². The van der Waals surface area contributed by atoms with E-state index < -0.39 is 6.04 Å². The molecule has 5 nitrogen and oxygen atoms in total. The lowest BCUT2D eigenvalue weighted by Crippen LogP contribution is -2.42. The maximum Gasteiger partial charge on any atom is 0.239 e. The van der Waals surface area contributed by atoms with Crippen molar-refractivity contribution in [3.63, 3.8) is 0 Å². The quantitative estimate of drug-likeness (QED) is 0.889. The van der Waals surface area contributed by atoms with Crippen LogP contribution in [0.5, 0.6) is 0 Å². The summed E-state index contributed by atoms with van der Waals surface area (Å²) < 4.78 is 1.81. The molecule has 0 fully saturated rings. The molecule has 0 unspecified atom stereocenters. The first-order valence-electron chi connectivity index (χ1n) is 7.57. The zero-order valence-corrected chi connectivity index (χ0v) is 13.4. The molecule has 0 spiro atoms. The molecule has 0 aliphatic carbocycles. The first-order chi connectivity index (χ1) is 10.5. The van der Waals surface area contributed by atoms with E-state index in [4.69, 9.17) is 5.73 Å². The molecule has 2 N–H and O–H groups in total. The van der Waals surface area contributed by atoms with Crippen LogP contribution in [0.2, 0.25) is 0 Å². The SMILES string of the molecule is CC(C)C[C@H](N)C(=O)N(C)Cc1cnn(-c2ccccc2)c1. The average Bonchev–Trinajstić information content (AvgIpc) is 2.95. The van der Waals surface area contributed by atoms with Gasteiger partial charge in [-0.05, 0) is 24.5 Å². The summed E-state index contributed by atoms with van der Waals surface area (Å²) in [7, 11) is 1.78. The summed E-state index contributed by atoms with van der Waals surface area (Å²) in [6, 6.07) is 9.45. The van der Waals surface area contributed by atoms with E-state index in [2.05, 4.69) is 18.9 Å². The summed E-state index contributed by atoms with van der Waals surface area (Å²) in [5, 5.41) is 4.34. The van der Waals surface area contributed by atoms with Gasteiger partial charge >= 0.3 is 0 Å². The summed E-state index contributed by atoms with van der Waals surface area (Å²) in [5.41, 5.74) is 7.94. The minimum atomic E-state index is -0.436. The Hall–Kier alpha value is -2.14. The predicted molar refractivity (Wildman–Crippen MR) is 87.5 cm³/mol. The molecular weight excluding hydrogens is 276 g/mol. The van der Waals surface area contributed by atoms with E-state index >= 15 is 0 Å². The van der Waals surface area contributed by atoms with Crippen LogP contribution < -0.4 is 5.73 Å². The fraction of sp³-hybridized carbons (Fsp3) is 0.412. The summed E-state index contributed by atoms with van der Waals surface area (Å²) in [5.74, 6) is 0.384. The van der Waals surface area contributed by atoms with Gasteiger partial charge in [-0.2, -0.15) is 5.10 Å². The van der Waals surface area contributed by atoms with E-state index in [1.165, 1.54) is 0 Å². The van der Waals surface area contributed by atoms with Crippen LogP contribution in [-0.2, 0) is 11.3 Å². The molecule has 22 heavy (non-hydrogen) atoms. The zero-order chi connectivity index (χ0) is 16.1. The number of aromatic nitrogens is 2. The summed E-state index contributed by atoms with van der Waals surface area (Å²) >= 11 is 0. The number of likely N-dealkylation sites (N-methyl/N-ethyl adjacent to an activating group) is 1. The van der Waals surface area contributed by atoms with Gasteiger partial charge in [0.25, 0.3) is 0 Å². The van der Waals surface area contributed by atoms with Crippen molar-refractivity contribution in [2.75, 3.05) is 7.05 Å². The topological polar surface area (TPSA) is 64.2 Å². The number of para-hydroxylation sites is 1. The van der Waals surface area contributed by atoms with Gasteiger partial charge in [-0.25, -0.2) is 4.68 Å². The molecule has 1 aromatic heterocycles. The highest BCUT2D eigenvalue weighted by Crippen LogP contribution is 2.11. The van der Waals surface area contributed by atoms with Gasteiger partial charge in [-0.3, -0.25) is 4.79 Å². The second-order valence-electron chi connectivity index (χ2n) is 6.06. The number of rotatable bonds is 6. The second kappa shape index (κ2) is 7.22. The fourth-order valence-electron chi connectivity index (χ4n) is 2.41. The maximum atomic E-state index is 12.2. The number of nitrogens with two attached hydrogens (primary N) is 1. The first kappa shape index (κ1) is 16.2. The van der Waals surface area contributed by atoms with Crippen molar-refractivity contribution in [2.45, 2.75) is 32.9 Å². The number of nitrogens with zero attached hydrogens (tertiary/aromatic N) is 3. The van der Waals surface area contributed by atoms with E-state index in [1.54, 1.807) is 18.1 Å². The lowest BCUT2D eigenvalue weighted by molar-refractivity contribution is -0.132. The van der Waals surface area contributed by atoms with Crippen LogP contribution in [0.25, 0.3) is 5.69 Å². The standard InChI is InChI=1S/C17H24N4O/c1-13(2)9-16(18)17(22)20(3)11-14-10-19-21(12-14)15-7-5-4-6-8-15/h4-8,10,12-13,16H,9,11,18H2,1-3H3/t16-/m0/s1. The Labute approximate surface area is 131 Å². The van der Waals surface area contributed by atoms with Gasteiger partial charge in [-0.1, -0.05) is 32.0 Å². The van der Waals surface area contributed by atoms with Crippen molar-refractivity contribution in [1.82, 2.24) is 14.7 Å². The molecule has 0 aliphatic rings. The Bertz CT molecular complexity index is 606. The average molecular weight is 300 g/mol. The van der Waals surface area contributed by atoms with Gasteiger partial charge in [0, 0.05) is 25.4 Å². The predicted octanol–water partition coefficient (Wildman–Crippen LogP) is 2.20. The van der Waals surface area contributed by atoms with Gasteiger partial charge in [-0.15, -0.1) is 0 Å². The number of carbonyl (C=O) groups is 1. The highest BCUT2D eigenvalue weighted by atomic mass is 16.2. The van der Waals surface area contributed by atoms with Crippen molar-refractivity contribution >= 4 is 5.91 Å². The zero-order valence-electron chi connectivity index (χ0n) is 13.4. The molecule has 0 bridgehead atoms. The lowest BCUT2D eigenvalue weighted by atomic mass is 10.0. The lowest BCUT2D eigenvalue weighted by Gasteiger charge is -2.21. The van der Waals surface area contributed by atoms with Crippen LogP contribution in [0.1, 0.15) is 25.8 Å². The normalized spacial score (nSPS) is 12.4. The Kier molecular flexibility index (Phi) is 5.33. The largest absolute Gasteiger partial charge is 0.340 e. The molecule has 0 radical (unpaired) electrons. The number of hydrogen-bond donors (Lipinski definition) is 1. The molecule has 1 amide bonds. The molecule has 1 aromatic carbocycles. The Morgan fingerprint density at radius 2 is 2.00 bits per heavy atom. The van der Waals surface area contributed by atoms with Crippen molar-refractivity contribution < 1.29 is 4.79 Å². The summed E-state index contributed by atoms with van der Waals surface area (Å²) in [6.45, 7) is 4.64. The molecule has 0 aliphatic heterocycles. The van der Waals surface area contributed by atoms with Gasteiger partial charge in [0.1, 0.15) is 0 Å². The van der Waals surface area contributed by atoms with E-state index in [-0.39, 0.29) is 5.91 Å². The first-order valence-corrected chi connectivity index (χ1v) is 7.57. The van der Waals surface area contributed by atoms with Gasteiger partial charge in [0.05, 0.1) is 17.9 Å². The van der Waals surface area contributed by atoms with Crippen LogP contribution in [0.4, 0.5) is 0 Å². The van der Waals surface area contributed by atoms with Gasteiger partial charge < -0.3 is 10.6 Å². The molecule has 2 rings (SSSR count). The van der Waals surface area contributed by atoms with Crippen LogP contribution >= 0.6 is 0 Å². The monoisotopic (exact) mass is 300 g/mol. The van der Waals surface area contributed by atoms with Crippen LogP contribution in [0.15, 0.2) is 42.7 Å². The van der Waals surface area contributed by atoms with Crippen molar-refractivity contribution in [2.24, 2.45) is 11.7 Å². The molecule has 2 aromatic rings. The van der Waals surface area contributed by atoms with Gasteiger partial charge in [0.15, 0.2) is 0 Å². The third-order valence-electron chi connectivity index (χ3n) is 3.50. The Balaban J connectivity index is 1.99. The van der Waals surface area contributed by atoms with Crippen LogP contribution in [0.3, 0.4) is 0 Å². The Morgan fingerprint density at radius 1 is 1.32 bits per heavy atom. The molecule has 1 heterocycles. The number of carbonyl (C=O) groups excluding carboxylic acids is 1. The second-order valence-corrected chi connectivity index (χ2v) is 6.06. The third-order valence-corrected chi connectivity index (χ3v) is 3.50. The molecule has 1 atom stereocenters. The smallest absolute Gasteiger partial charge is 0.239 e. The van der Waals surface area contributed by atoms with Gasteiger partial charge in [0.2, 0.25) is 5.91 Å². The summed E-state index contributed by atoms with van der Waals surface area (Å²) in [4.78, 5) is 13.9. The number of benzene rings is 1. The molecule has 5 heteroatoms. The molecule has 118 valence electrons. The third kappa shape index (κ3) is 4.18. The van der Waals surface area contributed by atoms with Crippen LogP contribution in [-0.4, -0.2) is 33.7 Å². The maximum absolute atomic E-state index is 12.2. The Morgan fingerprint density at radius 3 is 2.64 bits per heavy atom. The highest BCUT2D eigenvalue weighted by molar-refractivity contribution is 5.81. The van der Waals surface area contributed by atoms with Crippen LogP contribution in [0, 0.1) is 5.92 Å². The minimum absolute atomic E-state index is 0.0267. The van der Waals surface area contributed by atoms with Crippen molar-refractivity contribution in [3.05, 3.63) is 48.3 Å². The number of hydrogen-bond acceptors (Lipinski definition) is 3. The van der Waals surface area contributed by atoms with E-state index in [9.17, 15) is 4.79 Å². The van der Waals surface area contributed by atoms with Crippen molar-refractivity contribution in [3.8, 4) is 5.69 Å². The minimum Gasteiger partial charge on any atom is -0.340 e. The van der Waals surface area contributed by atoms with E-state index in [0.29, 0.717) is 18.9 Å². The highest BCUT2D eigenvalue weighted by Gasteiger charge is 2.19. The molecule has 0 saturated carbocycles.